The van der Waals surface area contributed by atoms with Crippen molar-refractivity contribution in [3.05, 3.63) is 28.2 Å². The maximum atomic E-state index is 5.92. The maximum absolute atomic E-state index is 5.92. The largest absolute Gasteiger partial charge is 0.492 e. The van der Waals surface area contributed by atoms with Crippen molar-refractivity contribution in [1.82, 2.24) is 10.2 Å². The van der Waals surface area contributed by atoms with E-state index >= 15 is 0 Å². The van der Waals surface area contributed by atoms with Crippen LogP contribution in [0.2, 0.25) is 0 Å². The lowest BCUT2D eigenvalue weighted by atomic mass is 10.1. The van der Waals surface area contributed by atoms with E-state index in [4.69, 9.17) is 4.74 Å². The predicted molar refractivity (Wildman–Crippen MR) is 91.9 cm³/mol. The van der Waals surface area contributed by atoms with Crippen LogP contribution in [0.15, 0.2) is 22.7 Å². The number of piperidine rings is 1. The summed E-state index contributed by atoms with van der Waals surface area (Å²) in [6.07, 6.45) is 5.22. The number of nitrogens with one attached hydrogen (secondary N) is 1. The first-order valence-corrected chi connectivity index (χ1v) is 8.93. The molecule has 0 bridgehead atoms. The summed E-state index contributed by atoms with van der Waals surface area (Å²) in [5.74, 6) is 0.975. The van der Waals surface area contributed by atoms with Crippen LogP contribution in [0.1, 0.15) is 38.2 Å². The second-order valence-electron chi connectivity index (χ2n) is 5.68. The molecule has 1 N–H and O–H groups in total. The van der Waals surface area contributed by atoms with Gasteiger partial charge >= 0.3 is 0 Å². The normalized spacial score (nSPS) is 16.1. The van der Waals surface area contributed by atoms with Crippen LogP contribution < -0.4 is 10.1 Å². The third-order valence-electron chi connectivity index (χ3n) is 3.88. The summed E-state index contributed by atoms with van der Waals surface area (Å²) < 4.78 is 7.07. The minimum absolute atomic E-state index is 0.781. The second-order valence-corrected chi connectivity index (χ2v) is 6.54. The Kier molecular flexibility index (Phi) is 7.54. The standard InChI is InChI=1S/C17H27BrN2O/c1-2-8-19-14-15-13-16(6-7-17(15)18)21-12-11-20-9-4-3-5-10-20/h6-7,13,19H,2-5,8-12,14H2,1H3. The van der Waals surface area contributed by atoms with Crippen molar-refractivity contribution in [2.75, 3.05) is 32.8 Å². The van der Waals surface area contributed by atoms with E-state index in [-0.39, 0.29) is 0 Å². The van der Waals surface area contributed by atoms with Gasteiger partial charge in [-0.25, -0.2) is 0 Å². The number of rotatable bonds is 8. The van der Waals surface area contributed by atoms with Crippen LogP contribution in [0.5, 0.6) is 5.75 Å². The van der Waals surface area contributed by atoms with Gasteiger partial charge in [-0.15, -0.1) is 0 Å². The summed E-state index contributed by atoms with van der Waals surface area (Å²) in [7, 11) is 0. The number of hydrogen-bond donors (Lipinski definition) is 1. The van der Waals surface area contributed by atoms with Crippen molar-refractivity contribution in [3.63, 3.8) is 0 Å². The Balaban J connectivity index is 1.78. The van der Waals surface area contributed by atoms with Gasteiger partial charge in [0.15, 0.2) is 0 Å². The monoisotopic (exact) mass is 354 g/mol. The molecule has 1 aliphatic rings. The van der Waals surface area contributed by atoms with Crippen LogP contribution in [-0.4, -0.2) is 37.7 Å². The molecule has 3 nitrogen and oxygen atoms in total. The molecule has 0 aromatic heterocycles. The van der Waals surface area contributed by atoms with Crippen LogP contribution in [-0.2, 0) is 6.54 Å². The molecule has 0 atom stereocenters. The van der Waals surface area contributed by atoms with Gasteiger partial charge in [0.25, 0.3) is 0 Å². The van der Waals surface area contributed by atoms with Gasteiger partial charge < -0.3 is 10.1 Å². The molecule has 1 aromatic carbocycles. The molecule has 1 heterocycles. The van der Waals surface area contributed by atoms with Gasteiger partial charge in [-0.2, -0.15) is 0 Å². The van der Waals surface area contributed by atoms with E-state index in [1.807, 2.05) is 6.07 Å². The summed E-state index contributed by atoms with van der Waals surface area (Å²) in [4.78, 5) is 2.51. The van der Waals surface area contributed by atoms with E-state index in [0.717, 1.165) is 42.9 Å². The summed E-state index contributed by atoms with van der Waals surface area (Å²) in [6, 6.07) is 6.27. The van der Waals surface area contributed by atoms with Crippen LogP contribution in [0.25, 0.3) is 0 Å². The van der Waals surface area contributed by atoms with E-state index in [1.165, 1.54) is 37.9 Å². The Bertz CT molecular complexity index is 419. The Morgan fingerprint density at radius 3 is 2.81 bits per heavy atom. The molecule has 0 aliphatic carbocycles. The molecule has 0 radical (unpaired) electrons. The number of ether oxygens (including phenoxy) is 1. The molecule has 0 spiro atoms. The number of halogens is 1. The smallest absolute Gasteiger partial charge is 0.119 e. The zero-order valence-corrected chi connectivity index (χ0v) is 14.6. The molecule has 0 amide bonds. The van der Waals surface area contributed by atoms with Gasteiger partial charge in [0, 0.05) is 17.6 Å². The first-order chi connectivity index (χ1) is 10.3. The van der Waals surface area contributed by atoms with Gasteiger partial charge in [-0.05, 0) is 62.7 Å². The molecule has 4 heteroatoms. The third kappa shape index (κ3) is 5.97. The average molecular weight is 355 g/mol. The highest BCUT2D eigenvalue weighted by Gasteiger charge is 2.09. The van der Waals surface area contributed by atoms with E-state index in [2.05, 4.69) is 45.2 Å². The third-order valence-corrected chi connectivity index (χ3v) is 4.66. The van der Waals surface area contributed by atoms with Crippen molar-refractivity contribution in [3.8, 4) is 5.75 Å². The quantitative estimate of drug-likeness (QED) is 0.718. The average Bonchev–Trinajstić information content (AvgIpc) is 2.51. The Morgan fingerprint density at radius 1 is 1.24 bits per heavy atom. The highest BCUT2D eigenvalue weighted by molar-refractivity contribution is 9.10. The van der Waals surface area contributed by atoms with E-state index in [1.54, 1.807) is 0 Å². The molecule has 1 aromatic rings. The molecule has 2 rings (SSSR count). The van der Waals surface area contributed by atoms with Crippen LogP contribution in [0, 0.1) is 0 Å². The molecule has 118 valence electrons. The van der Waals surface area contributed by atoms with Crippen molar-refractivity contribution in [2.24, 2.45) is 0 Å². The summed E-state index contributed by atoms with van der Waals surface area (Å²) in [5.41, 5.74) is 1.26. The second kappa shape index (κ2) is 9.44. The maximum Gasteiger partial charge on any atom is 0.119 e. The van der Waals surface area contributed by atoms with Crippen LogP contribution >= 0.6 is 15.9 Å². The lowest BCUT2D eigenvalue weighted by molar-refractivity contribution is 0.183. The molecule has 0 saturated carbocycles. The topological polar surface area (TPSA) is 24.5 Å². The minimum Gasteiger partial charge on any atom is -0.492 e. The van der Waals surface area contributed by atoms with Crippen LogP contribution in [0.4, 0.5) is 0 Å². The van der Waals surface area contributed by atoms with E-state index < -0.39 is 0 Å². The van der Waals surface area contributed by atoms with E-state index in [9.17, 15) is 0 Å². The number of hydrogen-bond acceptors (Lipinski definition) is 3. The summed E-state index contributed by atoms with van der Waals surface area (Å²) >= 11 is 3.61. The predicted octanol–water partition coefficient (Wildman–Crippen LogP) is 3.81. The minimum atomic E-state index is 0.781. The van der Waals surface area contributed by atoms with Gasteiger partial charge in [0.05, 0.1) is 0 Å². The molecule has 1 saturated heterocycles. The first kappa shape index (κ1) is 16.8. The molecular weight excluding hydrogens is 328 g/mol. The summed E-state index contributed by atoms with van der Waals surface area (Å²) in [5, 5.41) is 3.43. The van der Waals surface area contributed by atoms with Gasteiger partial charge in [-0.3, -0.25) is 4.90 Å². The summed E-state index contributed by atoms with van der Waals surface area (Å²) in [6.45, 7) is 8.40. The Labute approximate surface area is 137 Å². The Morgan fingerprint density at radius 2 is 2.05 bits per heavy atom. The fraction of sp³-hybridized carbons (Fsp3) is 0.647. The Hall–Kier alpha value is -0.580. The van der Waals surface area contributed by atoms with Crippen molar-refractivity contribution < 1.29 is 4.74 Å². The zero-order valence-electron chi connectivity index (χ0n) is 13.0. The molecular formula is C17H27BrN2O. The fourth-order valence-corrected chi connectivity index (χ4v) is 3.04. The molecule has 1 fully saturated rings. The molecule has 21 heavy (non-hydrogen) atoms. The number of nitrogens with zero attached hydrogens (tertiary/aromatic N) is 1. The molecule has 1 aliphatic heterocycles. The van der Waals surface area contributed by atoms with Crippen molar-refractivity contribution in [2.45, 2.75) is 39.2 Å². The highest BCUT2D eigenvalue weighted by atomic mass is 79.9. The van der Waals surface area contributed by atoms with E-state index in [0.29, 0.717) is 0 Å². The van der Waals surface area contributed by atoms with Gasteiger partial charge in [0.1, 0.15) is 12.4 Å². The number of benzene rings is 1. The van der Waals surface area contributed by atoms with Crippen molar-refractivity contribution >= 4 is 15.9 Å². The van der Waals surface area contributed by atoms with Crippen LogP contribution in [0.3, 0.4) is 0 Å². The zero-order chi connectivity index (χ0) is 14.9. The van der Waals surface area contributed by atoms with Gasteiger partial charge in [0.2, 0.25) is 0 Å². The van der Waals surface area contributed by atoms with Crippen molar-refractivity contribution in [1.29, 1.82) is 0 Å². The SMILES string of the molecule is CCCNCc1cc(OCCN2CCCCC2)ccc1Br. The van der Waals surface area contributed by atoms with Gasteiger partial charge in [-0.1, -0.05) is 29.3 Å². The first-order valence-electron chi connectivity index (χ1n) is 8.14. The lowest BCUT2D eigenvalue weighted by Crippen LogP contribution is -2.33. The number of likely N-dealkylation sites (tertiary alicyclic amines) is 1. The fourth-order valence-electron chi connectivity index (χ4n) is 2.65. The molecule has 0 unspecified atom stereocenters. The highest BCUT2D eigenvalue weighted by Crippen LogP contribution is 2.22. The lowest BCUT2D eigenvalue weighted by Gasteiger charge is -2.26.